The molecule has 0 aliphatic heterocycles. The summed E-state index contributed by atoms with van der Waals surface area (Å²) in [7, 11) is -3.50. The third kappa shape index (κ3) is 5.01. The van der Waals surface area contributed by atoms with Crippen molar-refractivity contribution in [1.82, 2.24) is 0 Å². The molecule has 1 aromatic rings. The molecule has 0 radical (unpaired) electrons. The predicted molar refractivity (Wildman–Crippen MR) is 69.8 cm³/mol. The number of unbranched alkanes of at least 4 members (excludes halogenated alkanes) is 1. The smallest absolute Gasteiger partial charge is 0.232 e. The number of rotatable bonds is 6. The maximum atomic E-state index is 13.4. The predicted octanol–water partition coefficient (Wildman–Crippen LogP) is 2.07. The zero-order valence-corrected chi connectivity index (χ0v) is 11.5. The van der Waals surface area contributed by atoms with Crippen molar-refractivity contribution in [2.75, 3.05) is 17.0 Å². The molecule has 4 nitrogen and oxygen atoms in total. The lowest BCUT2D eigenvalue weighted by molar-refractivity contribution is 0.594. The highest BCUT2D eigenvalue weighted by Crippen LogP contribution is 2.20. The number of nitrogens with one attached hydrogen (secondary N) is 1. The molecule has 0 fully saturated rings. The van der Waals surface area contributed by atoms with Gasteiger partial charge >= 0.3 is 0 Å². The number of halogens is 2. The maximum Gasteiger partial charge on any atom is 0.232 e. The summed E-state index contributed by atoms with van der Waals surface area (Å²) >= 11 is 3.10. The molecule has 1 aromatic carbocycles. The third-order valence-corrected chi connectivity index (χ3v) is 3.91. The quantitative estimate of drug-likeness (QED) is 0.787. The van der Waals surface area contributed by atoms with Crippen LogP contribution in [-0.4, -0.2) is 20.7 Å². The Hall–Kier alpha value is -0.660. The first-order chi connectivity index (χ1) is 7.94. The van der Waals surface area contributed by atoms with Crippen LogP contribution in [0.15, 0.2) is 22.7 Å². The van der Waals surface area contributed by atoms with Crippen LogP contribution in [0.3, 0.4) is 0 Å². The van der Waals surface area contributed by atoms with Gasteiger partial charge in [-0.2, -0.15) is 0 Å². The molecule has 0 amide bonds. The van der Waals surface area contributed by atoms with E-state index in [-0.39, 0.29) is 11.4 Å². The molecule has 0 saturated heterocycles. The first-order valence-electron chi connectivity index (χ1n) is 5.10. The second-order valence-corrected chi connectivity index (χ2v) is 6.30. The van der Waals surface area contributed by atoms with E-state index in [1.807, 2.05) is 0 Å². The third-order valence-electron chi connectivity index (χ3n) is 2.06. The Labute approximate surface area is 109 Å². The molecule has 0 aliphatic carbocycles. The van der Waals surface area contributed by atoms with Gasteiger partial charge in [-0.15, -0.1) is 0 Å². The van der Waals surface area contributed by atoms with Gasteiger partial charge in [0.2, 0.25) is 10.0 Å². The summed E-state index contributed by atoms with van der Waals surface area (Å²) in [4.78, 5) is 0. The highest BCUT2D eigenvalue weighted by Gasteiger charge is 2.12. The van der Waals surface area contributed by atoms with E-state index in [0.717, 1.165) is 0 Å². The summed E-state index contributed by atoms with van der Waals surface area (Å²) in [5.41, 5.74) is 5.23. The molecule has 0 spiro atoms. The van der Waals surface area contributed by atoms with Crippen LogP contribution < -0.4 is 10.5 Å². The van der Waals surface area contributed by atoms with Crippen molar-refractivity contribution >= 4 is 31.6 Å². The van der Waals surface area contributed by atoms with E-state index in [4.69, 9.17) is 5.73 Å². The summed E-state index contributed by atoms with van der Waals surface area (Å²) in [5.74, 6) is -0.665. The van der Waals surface area contributed by atoms with Gasteiger partial charge in [-0.1, -0.05) is 15.9 Å². The van der Waals surface area contributed by atoms with Crippen LogP contribution in [0, 0.1) is 5.82 Å². The largest absolute Gasteiger partial charge is 0.330 e. The van der Waals surface area contributed by atoms with Gasteiger partial charge in [0.05, 0.1) is 11.4 Å². The Morgan fingerprint density at radius 1 is 1.35 bits per heavy atom. The number of hydrogen-bond acceptors (Lipinski definition) is 3. The Morgan fingerprint density at radius 2 is 2.06 bits per heavy atom. The molecule has 0 bridgehead atoms. The lowest BCUT2D eigenvalue weighted by atomic mass is 10.3. The number of sulfonamides is 1. The fraction of sp³-hybridized carbons (Fsp3) is 0.400. The molecule has 0 atom stereocenters. The fourth-order valence-electron chi connectivity index (χ4n) is 1.23. The molecular formula is C10H14BrFN2O2S. The molecular weight excluding hydrogens is 311 g/mol. The summed E-state index contributed by atoms with van der Waals surface area (Å²) in [6.07, 6.45) is 1.09. The van der Waals surface area contributed by atoms with E-state index in [2.05, 4.69) is 20.7 Å². The molecule has 0 heterocycles. The van der Waals surface area contributed by atoms with Gasteiger partial charge in [-0.3, -0.25) is 4.72 Å². The van der Waals surface area contributed by atoms with Crippen molar-refractivity contribution in [1.29, 1.82) is 0 Å². The van der Waals surface area contributed by atoms with Crippen LogP contribution in [0.25, 0.3) is 0 Å². The topological polar surface area (TPSA) is 72.2 Å². The summed E-state index contributed by atoms with van der Waals surface area (Å²) in [5, 5.41) is 0. The normalized spacial score (nSPS) is 11.5. The van der Waals surface area contributed by atoms with E-state index >= 15 is 0 Å². The minimum Gasteiger partial charge on any atom is -0.330 e. The molecule has 7 heteroatoms. The molecule has 1 rings (SSSR count). The molecule has 0 aromatic heterocycles. The van der Waals surface area contributed by atoms with Crippen molar-refractivity contribution in [3.63, 3.8) is 0 Å². The van der Waals surface area contributed by atoms with Crippen LogP contribution >= 0.6 is 15.9 Å². The van der Waals surface area contributed by atoms with Crippen LogP contribution in [0.1, 0.15) is 12.8 Å². The SMILES string of the molecule is NCCCCS(=O)(=O)Nc1ccc(Br)cc1F. The van der Waals surface area contributed by atoms with Crippen molar-refractivity contribution in [2.24, 2.45) is 5.73 Å². The first kappa shape index (κ1) is 14.4. The average Bonchev–Trinajstić information content (AvgIpc) is 2.22. The Bertz CT molecular complexity index is 479. The highest BCUT2D eigenvalue weighted by atomic mass is 79.9. The van der Waals surface area contributed by atoms with Crippen molar-refractivity contribution < 1.29 is 12.8 Å². The van der Waals surface area contributed by atoms with Crippen molar-refractivity contribution in [2.45, 2.75) is 12.8 Å². The number of benzene rings is 1. The minimum atomic E-state index is -3.50. The van der Waals surface area contributed by atoms with Gasteiger partial charge in [0.15, 0.2) is 0 Å². The first-order valence-corrected chi connectivity index (χ1v) is 7.55. The van der Waals surface area contributed by atoms with Gasteiger partial charge in [0.1, 0.15) is 5.82 Å². The van der Waals surface area contributed by atoms with Gasteiger partial charge in [-0.05, 0) is 37.6 Å². The standard InChI is InChI=1S/C10H14BrFN2O2S/c11-8-3-4-10(9(12)7-8)14-17(15,16)6-2-1-5-13/h3-4,7,14H,1-2,5-6,13H2. The van der Waals surface area contributed by atoms with Crippen LogP contribution in [0.4, 0.5) is 10.1 Å². The van der Waals surface area contributed by atoms with E-state index in [1.54, 1.807) is 6.07 Å². The molecule has 17 heavy (non-hydrogen) atoms. The van der Waals surface area contributed by atoms with Gasteiger partial charge in [-0.25, -0.2) is 12.8 Å². The number of hydrogen-bond donors (Lipinski definition) is 2. The van der Waals surface area contributed by atoms with Crippen LogP contribution in [0.5, 0.6) is 0 Å². The minimum absolute atomic E-state index is 0.0408. The molecule has 0 saturated carbocycles. The summed E-state index contributed by atoms with van der Waals surface area (Å²) in [6, 6.07) is 4.15. The highest BCUT2D eigenvalue weighted by molar-refractivity contribution is 9.10. The Balaban J connectivity index is 2.69. The van der Waals surface area contributed by atoms with E-state index in [9.17, 15) is 12.8 Å². The molecule has 0 unspecified atom stereocenters. The average molecular weight is 325 g/mol. The second-order valence-electron chi connectivity index (χ2n) is 3.54. The lowest BCUT2D eigenvalue weighted by Crippen LogP contribution is -2.18. The van der Waals surface area contributed by atoms with E-state index < -0.39 is 15.8 Å². The molecule has 3 N–H and O–H groups in total. The lowest BCUT2D eigenvalue weighted by Gasteiger charge is -2.08. The van der Waals surface area contributed by atoms with Gasteiger partial charge < -0.3 is 5.73 Å². The number of anilines is 1. The summed E-state index contributed by atoms with van der Waals surface area (Å²) in [6.45, 7) is 0.447. The molecule has 96 valence electrons. The fourth-order valence-corrected chi connectivity index (χ4v) is 2.75. The monoisotopic (exact) mass is 324 g/mol. The van der Waals surface area contributed by atoms with E-state index in [1.165, 1.54) is 12.1 Å². The maximum absolute atomic E-state index is 13.4. The van der Waals surface area contributed by atoms with Crippen molar-refractivity contribution in [3.05, 3.63) is 28.5 Å². The zero-order chi connectivity index (χ0) is 12.9. The number of nitrogens with two attached hydrogens (primary N) is 1. The summed E-state index contributed by atoms with van der Waals surface area (Å²) < 4.78 is 39.3. The van der Waals surface area contributed by atoms with Crippen LogP contribution in [0.2, 0.25) is 0 Å². The van der Waals surface area contributed by atoms with Gasteiger partial charge in [0.25, 0.3) is 0 Å². The van der Waals surface area contributed by atoms with Crippen LogP contribution in [-0.2, 0) is 10.0 Å². The zero-order valence-electron chi connectivity index (χ0n) is 9.12. The van der Waals surface area contributed by atoms with Gasteiger partial charge in [0, 0.05) is 4.47 Å². The van der Waals surface area contributed by atoms with Crippen molar-refractivity contribution in [3.8, 4) is 0 Å². The Morgan fingerprint density at radius 3 is 2.65 bits per heavy atom. The second kappa shape index (κ2) is 6.32. The van der Waals surface area contributed by atoms with E-state index in [0.29, 0.717) is 23.9 Å². The molecule has 0 aliphatic rings. The Kier molecular flexibility index (Phi) is 5.35.